The molecule has 0 bridgehead atoms. The van der Waals surface area contributed by atoms with Gasteiger partial charge in [0, 0.05) is 44.5 Å². The van der Waals surface area contributed by atoms with Crippen molar-refractivity contribution in [2.24, 2.45) is 0 Å². The highest BCUT2D eigenvalue weighted by Gasteiger charge is 2.23. The van der Waals surface area contributed by atoms with E-state index in [1.54, 1.807) is 0 Å². The van der Waals surface area contributed by atoms with Crippen LogP contribution < -0.4 is 10.2 Å². The summed E-state index contributed by atoms with van der Waals surface area (Å²) in [5, 5.41) is 3.27. The molecule has 0 spiro atoms. The molecule has 2 aromatic carbocycles. The Morgan fingerprint density at radius 1 is 1.03 bits per heavy atom. The quantitative estimate of drug-likeness (QED) is 0.372. The number of hydrogen-bond donors (Lipinski definition) is 1. The minimum absolute atomic E-state index is 0.259. The fraction of sp³-hybridized carbons (Fsp3) is 0.343. The molecule has 0 saturated heterocycles. The molecule has 0 radical (unpaired) electrons. The molecule has 2 aliphatic rings. The van der Waals surface area contributed by atoms with Crippen LogP contribution in [0.5, 0.6) is 0 Å². The predicted molar refractivity (Wildman–Crippen MR) is 167 cm³/mol. The van der Waals surface area contributed by atoms with Crippen LogP contribution in [0, 0.1) is 0 Å². The summed E-state index contributed by atoms with van der Waals surface area (Å²) < 4.78 is 0. The van der Waals surface area contributed by atoms with Crippen LogP contribution in [0.3, 0.4) is 0 Å². The van der Waals surface area contributed by atoms with Crippen LogP contribution in [0.25, 0.3) is 11.1 Å². The van der Waals surface area contributed by atoms with E-state index in [4.69, 9.17) is 0 Å². The smallest absolute Gasteiger partial charge is 0.222 e. The first kappa shape index (κ1) is 29.8. The molecule has 0 aliphatic carbocycles. The van der Waals surface area contributed by atoms with Gasteiger partial charge in [0.1, 0.15) is 0 Å². The molecular formula is C35H45N3O. The molecule has 1 N–H and O–H groups in total. The van der Waals surface area contributed by atoms with Gasteiger partial charge in [-0.25, -0.2) is 0 Å². The zero-order valence-corrected chi connectivity index (χ0v) is 24.2. The number of allylic oxidation sites excluding steroid dienone is 7. The Bertz CT molecular complexity index is 1200. The first-order chi connectivity index (χ1) is 19.0. The lowest BCUT2D eigenvalue weighted by Crippen LogP contribution is -2.36. The predicted octanol–water partition coefficient (Wildman–Crippen LogP) is 8.17. The Kier molecular flexibility index (Phi) is 12.4. The molecule has 2 aromatic rings. The lowest BCUT2D eigenvalue weighted by Gasteiger charge is -2.26. The number of anilines is 1. The van der Waals surface area contributed by atoms with Crippen molar-refractivity contribution in [2.45, 2.75) is 59.9 Å². The van der Waals surface area contributed by atoms with E-state index in [1.807, 2.05) is 49.2 Å². The van der Waals surface area contributed by atoms with Crippen LogP contribution in [-0.4, -0.2) is 30.4 Å². The second-order valence-electron chi connectivity index (χ2n) is 10.0. The molecule has 0 unspecified atom stereocenters. The summed E-state index contributed by atoms with van der Waals surface area (Å²) in [6.45, 7) is 11.4. The Morgan fingerprint density at radius 2 is 1.85 bits per heavy atom. The molecule has 206 valence electrons. The van der Waals surface area contributed by atoms with E-state index >= 15 is 0 Å². The van der Waals surface area contributed by atoms with Gasteiger partial charge in [-0.3, -0.25) is 4.79 Å². The van der Waals surface area contributed by atoms with Gasteiger partial charge in [0.15, 0.2) is 0 Å². The number of benzene rings is 2. The van der Waals surface area contributed by atoms with Gasteiger partial charge in [-0.15, -0.1) is 0 Å². The second kappa shape index (κ2) is 16.2. The molecule has 1 amide bonds. The van der Waals surface area contributed by atoms with Crippen molar-refractivity contribution in [3.63, 3.8) is 0 Å². The molecular weight excluding hydrogens is 478 g/mol. The fourth-order valence-corrected chi connectivity index (χ4v) is 4.82. The van der Waals surface area contributed by atoms with Crippen LogP contribution >= 0.6 is 0 Å². The van der Waals surface area contributed by atoms with E-state index in [-0.39, 0.29) is 5.91 Å². The van der Waals surface area contributed by atoms with E-state index in [9.17, 15) is 4.79 Å². The van der Waals surface area contributed by atoms with Crippen molar-refractivity contribution >= 4 is 11.6 Å². The van der Waals surface area contributed by atoms with Crippen LogP contribution in [0.15, 0.2) is 109 Å². The molecule has 4 rings (SSSR count). The average Bonchev–Trinajstić information content (AvgIpc) is 3.32. The number of rotatable bonds is 7. The third-order valence-corrected chi connectivity index (χ3v) is 6.85. The van der Waals surface area contributed by atoms with Crippen molar-refractivity contribution in [2.75, 3.05) is 24.5 Å². The Hall–Kier alpha value is -3.79. The SMILES string of the molecule is CC=C/C=C(C)\C=C/C.CCCC(=O)N1CCN(CC2=CNC=CCC2)c2ccc(-c3ccccc3)cc2C1. The van der Waals surface area contributed by atoms with Crippen molar-refractivity contribution in [1.82, 2.24) is 10.2 Å². The first-order valence-electron chi connectivity index (χ1n) is 14.3. The molecule has 0 saturated carbocycles. The molecule has 0 fully saturated rings. The van der Waals surface area contributed by atoms with E-state index in [1.165, 1.54) is 33.5 Å². The highest BCUT2D eigenvalue weighted by Crippen LogP contribution is 2.31. The van der Waals surface area contributed by atoms with Gasteiger partial charge in [-0.05, 0) is 80.6 Å². The lowest BCUT2D eigenvalue weighted by molar-refractivity contribution is -0.131. The molecule has 4 heteroatoms. The number of carbonyl (C=O) groups excluding carboxylic acids is 1. The summed E-state index contributed by atoms with van der Waals surface area (Å²) in [6, 6.07) is 17.2. The summed E-state index contributed by atoms with van der Waals surface area (Å²) in [7, 11) is 0. The number of carbonyl (C=O) groups is 1. The average molecular weight is 524 g/mol. The van der Waals surface area contributed by atoms with Gasteiger partial charge in [-0.1, -0.05) is 85.4 Å². The maximum absolute atomic E-state index is 12.7. The largest absolute Gasteiger partial charge is 0.368 e. The highest BCUT2D eigenvalue weighted by molar-refractivity contribution is 5.77. The van der Waals surface area contributed by atoms with Gasteiger partial charge in [-0.2, -0.15) is 0 Å². The number of amides is 1. The van der Waals surface area contributed by atoms with Gasteiger partial charge in [0.05, 0.1) is 0 Å². The highest BCUT2D eigenvalue weighted by atomic mass is 16.2. The fourth-order valence-electron chi connectivity index (χ4n) is 4.82. The van der Waals surface area contributed by atoms with Crippen LogP contribution in [0.2, 0.25) is 0 Å². The molecule has 2 aliphatic heterocycles. The van der Waals surface area contributed by atoms with E-state index < -0.39 is 0 Å². The van der Waals surface area contributed by atoms with E-state index in [2.05, 4.69) is 91.0 Å². The van der Waals surface area contributed by atoms with Gasteiger partial charge in [0.2, 0.25) is 5.91 Å². The third kappa shape index (κ3) is 9.47. The van der Waals surface area contributed by atoms with Gasteiger partial charge < -0.3 is 15.1 Å². The summed E-state index contributed by atoms with van der Waals surface area (Å²) >= 11 is 0. The Morgan fingerprint density at radius 3 is 2.59 bits per heavy atom. The van der Waals surface area contributed by atoms with E-state index in [0.717, 1.165) is 38.9 Å². The summed E-state index contributed by atoms with van der Waals surface area (Å²) in [4.78, 5) is 17.2. The maximum atomic E-state index is 12.7. The molecule has 4 nitrogen and oxygen atoms in total. The van der Waals surface area contributed by atoms with Crippen molar-refractivity contribution < 1.29 is 4.79 Å². The number of nitrogens with zero attached hydrogens (tertiary/aromatic N) is 2. The third-order valence-electron chi connectivity index (χ3n) is 6.85. The van der Waals surface area contributed by atoms with Gasteiger partial charge >= 0.3 is 0 Å². The topological polar surface area (TPSA) is 35.6 Å². The van der Waals surface area contributed by atoms with Crippen molar-refractivity contribution in [3.05, 3.63) is 114 Å². The minimum Gasteiger partial charge on any atom is -0.368 e. The van der Waals surface area contributed by atoms with Crippen molar-refractivity contribution in [3.8, 4) is 11.1 Å². The monoisotopic (exact) mass is 523 g/mol. The Balaban J connectivity index is 0.000000403. The molecule has 0 atom stereocenters. The van der Waals surface area contributed by atoms with Crippen LogP contribution in [-0.2, 0) is 11.3 Å². The summed E-state index contributed by atoms with van der Waals surface area (Å²) in [6.07, 6.45) is 20.2. The van der Waals surface area contributed by atoms with Crippen molar-refractivity contribution in [1.29, 1.82) is 0 Å². The summed E-state index contributed by atoms with van der Waals surface area (Å²) in [5.74, 6) is 0.259. The minimum atomic E-state index is 0.259. The maximum Gasteiger partial charge on any atom is 0.222 e. The normalized spacial score (nSPS) is 15.7. The zero-order chi connectivity index (χ0) is 27.9. The van der Waals surface area contributed by atoms with Crippen LogP contribution in [0.1, 0.15) is 58.9 Å². The first-order valence-corrected chi connectivity index (χ1v) is 14.3. The zero-order valence-electron chi connectivity index (χ0n) is 24.2. The Labute approximate surface area is 236 Å². The van der Waals surface area contributed by atoms with E-state index in [0.29, 0.717) is 13.0 Å². The lowest BCUT2D eigenvalue weighted by atomic mass is 10.0. The molecule has 2 heterocycles. The summed E-state index contributed by atoms with van der Waals surface area (Å²) in [5.41, 5.74) is 7.59. The number of nitrogens with one attached hydrogen (secondary N) is 1. The molecule has 0 aromatic heterocycles. The second-order valence-corrected chi connectivity index (χ2v) is 10.0. The number of fused-ring (bicyclic) bond motifs is 1. The van der Waals surface area contributed by atoms with Gasteiger partial charge in [0.25, 0.3) is 0 Å². The number of hydrogen-bond acceptors (Lipinski definition) is 3. The molecule has 39 heavy (non-hydrogen) atoms. The standard InChI is InChI=1S/C26H31N3O.C9H14/c1-2-8-26(30)29-16-15-28(19-21-9-6-7-14-27-18-21)25-13-12-23(17-24(25)20-29)22-10-4-3-5-11-22;1-4-6-8-9(3)7-5-2/h3-5,7,10-14,17-18,27H,2,6,8-9,15-16,19-20H2,1H3;4-8H,1-3H3/b;6-4?,7-5-,9-8-. The van der Waals surface area contributed by atoms with Crippen LogP contribution in [0.4, 0.5) is 5.69 Å².